The van der Waals surface area contributed by atoms with E-state index in [0.29, 0.717) is 18.8 Å². The van der Waals surface area contributed by atoms with Crippen LogP contribution in [0.15, 0.2) is 37.1 Å². The molecule has 100 valence electrons. The van der Waals surface area contributed by atoms with E-state index in [1.807, 2.05) is 18.2 Å². The average molecular weight is 262 g/mol. The molecule has 1 aliphatic rings. The van der Waals surface area contributed by atoms with E-state index in [1.165, 1.54) is 0 Å². The fourth-order valence-corrected chi connectivity index (χ4v) is 2.09. The maximum atomic E-state index is 9.21. The number of hydrogen-bond acceptors (Lipinski definition) is 6. The summed E-state index contributed by atoms with van der Waals surface area (Å²) >= 11 is 0. The van der Waals surface area contributed by atoms with Crippen LogP contribution in [-0.2, 0) is 21.8 Å². The van der Waals surface area contributed by atoms with E-state index in [9.17, 15) is 5.11 Å². The van der Waals surface area contributed by atoms with E-state index in [1.54, 1.807) is 23.4 Å². The summed E-state index contributed by atoms with van der Waals surface area (Å²) in [5, 5.41) is 16.7. The number of rotatable bonds is 4. The van der Waals surface area contributed by atoms with Crippen LogP contribution in [0, 0.1) is 0 Å². The molecule has 2 unspecified atom stereocenters. The van der Waals surface area contributed by atoms with Crippen molar-refractivity contribution in [2.75, 3.05) is 13.2 Å². The zero-order chi connectivity index (χ0) is 13.1. The van der Waals surface area contributed by atoms with Gasteiger partial charge in [-0.1, -0.05) is 6.07 Å². The van der Waals surface area contributed by atoms with E-state index in [-0.39, 0.29) is 12.7 Å². The molecule has 2 aromatic rings. The first-order valence-electron chi connectivity index (χ1n) is 5.99. The molecule has 1 saturated heterocycles. The molecule has 3 heterocycles. The van der Waals surface area contributed by atoms with Gasteiger partial charge in [0.15, 0.2) is 0 Å². The molecule has 7 nitrogen and oxygen atoms in total. The van der Waals surface area contributed by atoms with Gasteiger partial charge in [0.2, 0.25) is 5.79 Å². The summed E-state index contributed by atoms with van der Waals surface area (Å²) in [5.74, 6) is -1.00. The summed E-state index contributed by atoms with van der Waals surface area (Å²) in [4.78, 5) is 4.30. The summed E-state index contributed by atoms with van der Waals surface area (Å²) in [6.45, 7) is 0.624. The van der Waals surface area contributed by atoms with Gasteiger partial charge in [0, 0.05) is 6.20 Å². The number of nitrogens with zero attached hydrogens (tertiary/aromatic N) is 4. The topological polar surface area (TPSA) is 82.3 Å². The molecule has 0 spiro atoms. The SMILES string of the molecule is OCC1COC(Cn2cnnc2)(c2ccccn2)O1. The van der Waals surface area contributed by atoms with Crippen LogP contribution in [0.1, 0.15) is 5.69 Å². The van der Waals surface area contributed by atoms with Crippen molar-refractivity contribution in [3.8, 4) is 0 Å². The first-order chi connectivity index (χ1) is 9.32. The molecule has 1 N–H and O–H groups in total. The van der Waals surface area contributed by atoms with Crippen LogP contribution in [0.2, 0.25) is 0 Å². The van der Waals surface area contributed by atoms with Gasteiger partial charge < -0.3 is 19.1 Å². The lowest BCUT2D eigenvalue weighted by Gasteiger charge is -2.27. The van der Waals surface area contributed by atoms with Crippen LogP contribution < -0.4 is 0 Å². The molecule has 0 bridgehead atoms. The second-order valence-electron chi connectivity index (χ2n) is 4.34. The predicted molar refractivity (Wildman–Crippen MR) is 63.8 cm³/mol. The van der Waals surface area contributed by atoms with Crippen molar-refractivity contribution in [3.05, 3.63) is 42.7 Å². The number of aliphatic hydroxyl groups is 1. The fourth-order valence-electron chi connectivity index (χ4n) is 2.09. The zero-order valence-electron chi connectivity index (χ0n) is 10.2. The van der Waals surface area contributed by atoms with Crippen molar-refractivity contribution in [2.45, 2.75) is 18.4 Å². The fraction of sp³-hybridized carbons (Fsp3) is 0.417. The van der Waals surface area contributed by atoms with Crippen LogP contribution in [-0.4, -0.2) is 44.2 Å². The highest BCUT2D eigenvalue weighted by Gasteiger charge is 2.44. The van der Waals surface area contributed by atoms with E-state index in [4.69, 9.17) is 9.47 Å². The minimum atomic E-state index is -1.00. The minimum absolute atomic E-state index is 0.0865. The molecule has 3 rings (SSSR count). The lowest BCUT2D eigenvalue weighted by Crippen LogP contribution is -2.34. The number of ether oxygens (including phenoxy) is 2. The largest absolute Gasteiger partial charge is 0.394 e. The summed E-state index contributed by atoms with van der Waals surface area (Å²) in [6.07, 6.45) is 4.51. The van der Waals surface area contributed by atoms with Crippen LogP contribution in [0.5, 0.6) is 0 Å². The Hall–Kier alpha value is -1.83. The van der Waals surface area contributed by atoms with Crippen LogP contribution in [0.4, 0.5) is 0 Å². The lowest BCUT2D eigenvalue weighted by molar-refractivity contribution is -0.192. The van der Waals surface area contributed by atoms with Crippen molar-refractivity contribution in [3.63, 3.8) is 0 Å². The van der Waals surface area contributed by atoms with Gasteiger partial charge in [0.25, 0.3) is 0 Å². The van der Waals surface area contributed by atoms with Gasteiger partial charge in [-0.3, -0.25) is 4.98 Å². The van der Waals surface area contributed by atoms with Gasteiger partial charge in [-0.2, -0.15) is 0 Å². The Kier molecular flexibility index (Phi) is 3.24. The number of pyridine rings is 1. The summed E-state index contributed by atoms with van der Waals surface area (Å²) in [6, 6.07) is 5.54. The molecule has 2 aromatic heterocycles. The van der Waals surface area contributed by atoms with Crippen LogP contribution >= 0.6 is 0 Å². The molecule has 0 amide bonds. The smallest absolute Gasteiger partial charge is 0.231 e. The van der Waals surface area contributed by atoms with Gasteiger partial charge in [0.1, 0.15) is 24.5 Å². The van der Waals surface area contributed by atoms with Crippen LogP contribution in [0.3, 0.4) is 0 Å². The monoisotopic (exact) mass is 262 g/mol. The number of aliphatic hydroxyl groups excluding tert-OH is 1. The summed E-state index contributed by atoms with van der Waals surface area (Å²) in [7, 11) is 0. The molecule has 0 saturated carbocycles. The van der Waals surface area contributed by atoms with Crippen molar-refractivity contribution in [1.29, 1.82) is 0 Å². The highest BCUT2D eigenvalue weighted by molar-refractivity contribution is 5.11. The van der Waals surface area contributed by atoms with Crippen molar-refractivity contribution >= 4 is 0 Å². The van der Waals surface area contributed by atoms with Crippen molar-refractivity contribution in [1.82, 2.24) is 19.7 Å². The highest BCUT2D eigenvalue weighted by atomic mass is 16.7. The standard InChI is InChI=1S/C12H14N4O3/c17-5-10-6-18-12(19-10,7-16-8-14-15-9-16)11-3-1-2-4-13-11/h1-4,8-10,17H,5-7H2. The molecule has 19 heavy (non-hydrogen) atoms. The first-order valence-corrected chi connectivity index (χ1v) is 5.99. The Balaban J connectivity index is 1.92. The van der Waals surface area contributed by atoms with Gasteiger partial charge >= 0.3 is 0 Å². The maximum Gasteiger partial charge on any atom is 0.231 e. The molecule has 1 aliphatic heterocycles. The first kappa shape index (κ1) is 12.2. The summed E-state index contributed by atoms with van der Waals surface area (Å²) < 4.78 is 13.4. The average Bonchev–Trinajstić information content (AvgIpc) is 3.10. The van der Waals surface area contributed by atoms with E-state index in [0.717, 1.165) is 0 Å². The Morgan fingerprint density at radius 1 is 1.37 bits per heavy atom. The predicted octanol–water partition coefficient (Wildman–Crippen LogP) is -0.0662. The Morgan fingerprint density at radius 2 is 2.21 bits per heavy atom. The molecule has 1 fully saturated rings. The van der Waals surface area contributed by atoms with Gasteiger partial charge in [-0.05, 0) is 12.1 Å². The Bertz CT molecular complexity index is 519. The summed E-state index contributed by atoms with van der Waals surface area (Å²) in [5.41, 5.74) is 0.666. The Morgan fingerprint density at radius 3 is 2.84 bits per heavy atom. The molecule has 0 radical (unpaired) electrons. The molecular formula is C12H14N4O3. The third kappa shape index (κ3) is 2.35. The normalized spacial score (nSPS) is 26.7. The highest BCUT2D eigenvalue weighted by Crippen LogP contribution is 2.34. The van der Waals surface area contributed by atoms with E-state index in [2.05, 4.69) is 15.2 Å². The third-order valence-electron chi connectivity index (χ3n) is 2.98. The van der Waals surface area contributed by atoms with Gasteiger partial charge in [0.05, 0.1) is 19.8 Å². The third-order valence-corrected chi connectivity index (χ3v) is 2.98. The quantitative estimate of drug-likeness (QED) is 0.830. The molecule has 0 aliphatic carbocycles. The second-order valence-corrected chi connectivity index (χ2v) is 4.34. The number of hydrogen-bond donors (Lipinski definition) is 1. The lowest BCUT2D eigenvalue weighted by atomic mass is 10.1. The zero-order valence-corrected chi connectivity index (χ0v) is 10.2. The van der Waals surface area contributed by atoms with E-state index >= 15 is 0 Å². The second kappa shape index (κ2) is 5.04. The number of aromatic nitrogens is 4. The van der Waals surface area contributed by atoms with E-state index < -0.39 is 5.79 Å². The maximum absolute atomic E-state index is 9.21. The molecule has 7 heteroatoms. The van der Waals surface area contributed by atoms with Gasteiger partial charge in [-0.25, -0.2) is 0 Å². The van der Waals surface area contributed by atoms with Crippen molar-refractivity contribution < 1.29 is 14.6 Å². The molecular weight excluding hydrogens is 248 g/mol. The molecule has 0 aromatic carbocycles. The van der Waals surface area contributed by atoms with Crippen LogP contribution in [0.25, 0.3) is 0 Å². The Labute approximate surface area is 109 Å². The van der Waals surface area contributed by atoms with Crippen molar-refractivity contribution in [2.24, 2.45) is 0 Å². The molecule has 2 atom stereocenters. The minimum Gasteiger partial charge on any atom is -0.394 e. The van der Waals surface area contributed by atoms with Gasteiger partial charge in [-0.15, -0.1) is 10.2 Å².